The fourth-order valence-electron chi connectivity index (χ4n) is 4.47. The number of likely N-dealkylation sites (tertiary alicyclic amines) is 2. The van der Waals surface area contributed by atoms with Gasteiger partial charge in [0, 0.05) is 52.4 Å². The lowest BCUT2D eigenvalue weighted by Gasteiger charge is -2.47. The lowest BCUT2D eigenvalue weighted by molar-refractivity contribution is -0.141. The summed E-state index contributed by atoms with van der Waals surface area (Å²) in [5.41, 5.74) is 2.82. The minimum absolute atomic E-state index is 0.314. The molecule has 1 aromatic carbocycles. The Hall–Kier alpha value is -1.99. The zero-order valence-electron chi connectivity index (χ0n) is 15.3. The van der Waals surface area contributed by atoms with Gasteiger partial charge in [-0.1, -0.05) is 12.1 Å². The normalized spacial score (nSPS) is 24.2. The van der Waals surface area contributed by atoms with Crippen molar-refractivity contribution >= 4 is 16.9 Å². The van der Waals surface area contributed by atoms with Crippen molar-refractivity contribution < 1.29 is 14.2 Å². The van der Waals surface area contributed by atoms with Crippen LogP contribution < -0.4 is 0 Å². The first-order chi connectivity index (χ1) is 12.8. The molecule has 0 spiro atoms. The number of hydrogen-bond acceptors (Lipinski definition) is 6. The van der Waals surface area contributed by atoms with Crippen molar-refractivity contribution in [1.29, 1.82) is 0 Å². The average molecular weight is 358 g/mol. The number of carbonyl (C=O) groups excluding carboxylic acids is 1. The van der Waals surface area contributed by atoms with E-state index in [1.807, 2.05) is 12.1 Å². The van der Waals surface area contributed by atoms with Gasteiger partial charge in [-0.2, -0.15) is 0 Å². The summed E-state index contributed by atoms with van der Waals surface area (Å²) in [6.07, 6.45) is 3.62. The summed E-state index contributed by atoms with van der Waals surface area (Å²) in [6, 6.07) is 6.41. The molecular weight excluding hydrogens is 332 g/mol. The molecule has 140 valence electrons. The van der Waals surface area contributed by atoms with Crippen LogP contribution in [-0.4, -0.2) is 65.4 Å². The minimum Gasteiger partial charge on any atom is -0.385 e. The van der Waals surface area contributed by atoms with Crippen LogP contribution in [0.15, 0.2) is 22.8 Å². The van der Waals surface area contributed by atoms with Crippen LogP contribution in [0.5, 0.6) is 0 Å². The lowest BCUT2D eigenvalue weighted by Crippen LogP contribution is -2.56. The fourth-order valence-corrected chi connectivity index (χ4v) is 4.47. The molecule has 2 aromatic rings. The third-order valence-corrected chi connectivity index (χ3v) is 5.74. The zero-order chi connectivity index (χ0) is 17.9. The van der Waals surface area contributed by atoms with Crippen molar-refractivity contribution in [3.8, 4) is 0 Å². The number of methoxy groups -OCH3 is 1. The predicted molar refractivity (Wildman–Crippen MR) is 96.4 cm³/mol. The Morgan fingerprint density at radius 3 is 3.12 bits per heavy atom. The van der Waals surface area contributed by atoms with E-state index in [2.05, 4.69) is 26.2 Å². The Morgan fingerprint density at radius 2 is 2.23 bits per heavy atom. The number of nitrogens with zero attached hydrogens (tertiary/aromatic N) is 4. The Balaban J connectivity index is 1.41. The first kappa shape index (κ1) is 17.4. The second-order valence-corrected chi connectivity index (χ2v) is 7.37. The number of carbonyl (C=O) groups is 1. The van der Waals surface area contributed by atoms with Crippen LogP contribution in [-0.2, 0) is 16.1 Å². The number of piperidine rings is 2. The summed E-state index contributed by atoms with van der Waals surface area (Å²) in [5, 5.41) is 7.98. The van der Waals surface area contributed by atoms with Crippen LogP contribution in [0.4, 0.5) is 0 Å². The molecule has 2 aliphatic rings. The van der Waals surface area contributed by atoms with E-state index in [0.717, 1.165) is 62.0 Å². The van der Waals surface area contributed by atoms with Crippen LogP contribution in [0.1, 0.15) is 31.2 Å². The first-order valence-electron chi connectivity index (χ1n) is 9.47. The highest BCUT2D eigenvalue weighted by molar-refractivity contribution is 5.77. The van der Waals surface area contributed by atoms with E-state index >= 15 is 0 Å². The molecule has 1 amide bonds. The first-order valence-corrected chi connectivity index (χ1v) is 9.47. The molecule has 7 heteroatoms. The second kappa shape index (κ2) is 7.72. The van der Waals surface area contributed by atoms with Gasteiger partial charge in [0.05, 0.1) is 0 Å². The van der Waals surface area contributed by atoms with Gasteiger partial charge in [0.15, 0.2) is 0 Å². The van der Waals surface area contributed by atoms with Gasteiger partial charge in [0.25, 0.3) is 0 Å². The standard InChI is InChI=1S/C19H26N4O3/c1-25-11-3-9-23-17-8-10-22(12-14(17)6-7-18(23)24)13-15-4-2-5-16-19(15)21-26-20-16/h2,4-5,14,17H,3,6-13H2,1H3/t14-,17+/m0/s1. The van der Waals surface area contributed by atoms with Crippen LogP contribution in [0, 0.1) is 5.92 Å². The number of aromatic nitrogens is 2. The smallest absolute Gasteiger partial charge is 0.222 e. The van der Waals surface area contributed by atoms with Gasteiger partial charge in [-0.25, -0.2) is 4.63 Å². The summed E-state index contributed by atoms with van der Waals surface area (Å²) in [7, 11) is 1.71. The monoisotopic (exact) mass is 358 g/mol. The molecule has 2 aliphatic heterocycles. The number of amides is 1. The molecule has 3 heterocycles. The van der Waals surface area contributed by atoms with Crippen molar-refractivity contribution in [2.75, 3.05) is 33.4 Å². The number of fused-ring (bicyclic) bond motifs is 2. The maximum atomic E-state index is 12.4. The molecule has 0 N–H and O–H groups in total. The minimum atomic E-state index is 0.314. The van der Waals surface area contributed by atoms with Crippen molar-refractivity contribution in [3.63, 3.8) is 0 Å². The summed E-state index contributed by atoms with van der Waals surface area (Å²) < 4.78 is 10.0. The Bertz CT molecular complexity index is 762. The van der Waals surface area contributed by atoms with Gasteiger partial charge in [-0.15, -0.1) is 0 Å². The van der Waals surface area contributed by atoms with Gasteiger partial charge in [0.2, 0.25) is 5.91 Å². The maximum Gasteiger partial charge on any atom is 0.222 e. The topological polar surface area (TPSA) is 71.7 Å². The largest absolute Gasteiger partial charge is 0.385 e. The van der Waals surface area contributed by atoms with E-state index in [1.165, 1.54) is 0 Å². The van der Waals surface area contributed by atoms with Crippen LogP contribution in [0.3, 0.4) is 0 Å². The summed E-state index contributed by atoms with van der Waals surface area (Å²) in [5.74, 6) is 0.868. The molecule has 2 fully saturated rings. The summed E-state index contributed by atoms with van der Waals surface area (Å²) in [4.78, 5) is 17.0. The molecule has 2 atom stereocenters. The van der Waals surface area contributed by atoms with E-state index in [9.17, 15) is 4.79 Å². The van der Waals surface area contributed by atoms with Crippen LogP contribution in [0.25, 0.3) is 11.0 Å². The zero-order valence-corrected chi connectivity index (χ0v) is 15.3. The third kappa shape index (κ3) is 3.46. The van der Waals surface area contributed by atoms with Crippen molar-refractivity contribution in [1.82, 2.24) is 20.1 Å². The number of hydrogen-bond donors (Lipinski definition) is 0. The highest BCUT2D eigenvalue weighted by Gasteiger charge is 2.38. The highest BCUT2D eigenvalue weighted by Crippen LogP contribution is 2.32. The predicted octanol–water partition coefficient (Wildman–Crippen LogP) is 2.07. The van der Waals surface area contributed by atoms with Gasteiger partial charge in [0.1, 0.15) is 11.0 Å². The second-order valence-electron chi connectivity index (χ2n) is 7.37. The molecule has 0 aliphatic carbocycles. The molecule has 2 saturated heterocycles. The van der Waals surface area contributed by atoms with Gasteiger partial charge in [-0.05, 0) is 47.1 Å². The fraction of sp³-hybridized carbons (Fsp3) is 0.632. The number of rotatable bonds is 6. The van der Waals surface area contributed by atoms with E-state index in [1.54, 1.807) is 7.11 Å². The molecule has 0 bridgehead atoms. The quantitative estimate of drug-likeness (QED) is 0.736. The Labute approximate surface area is 153 Å². The summed E-state index contributed by atoms with van der Waals surface area (Å²) in [6.45, 7) is 4.41. The van der Waals surface area contributed by atoms with Crippen LogP contribution >= 0.6 is 0 Å². The molecule has 0 unspecified atom stereocenters. The van der Waals surface area contributed by atoms with Crippen LogP contribution in [0.2, 0.25) is 0 Å². The van der Waals surface area contributed by atoms with E-state index < -0.39 is 0 Å². The Morgan fingerprint density at radius 1 is 1.31 bits per heavy atom. The van der Waals surface area contributed by atoms with E-state index in [0.29, 0.717) is 30.9 Å². The average Bonchev–Trinajstić information content (AvgIpc) is 3.13. The van der Waals surface area contributed by atoms with Gasteiger partial charge in [-0.3, -0.25) is 9.69 Å². The molecular formula is C19H26N4O3. The molecule has 1 aromatic heterocycles. The van der Waals surface area contributed by atoms with Gasteiger partial charge < -0.3 is 9.64 Å². The van der Waals surface area contributed by atoms with Crippen molar-refractivity contribution in [2.24, 2.45) is 5.92 Å². The molecule has 26 heavy (non-hydrogen) atoms. The van der Waals surface area contributed by atoms with E-state index in [-0.39, 0.29) is 0 Å². The molecule has 4 rings (SSSR count). The molecule has 0 saturated carbocycles. The van der Waals surface area contributed by atoms with E-state index in [4.69, 9.17) is 9.37 Å². The summed E-state index contributed by atoms with van der Waals surface area (Å²) >= 11 is 0. The maximum absolute atomic E-state index is 12.4. The third-order valence-electron chi connectivity index (χ3n) is 5.74. The van der Waals surface area contributed by atoms with Gasteiger partial charge >= 0.3 is 0 Å². The van der Waals surface area contributed by atoms with Crippen molar-refractivity contribution in [3.05, 3.63) is 23.8 Å². The lowest BCUT2D eigenvalue weighted by atomic mass is 9.83. The number of benzene rings is 1. The number of ether oxygens (including phenoxy) is 1. The molecule has 0 radical (unpaired) electrons. The Kier molecular flexibility index (Phi) is 5.17. The highest BCUT2D eigenvalue weighted by atomic mass is 16.6. The SMILES string of the molecule is COCCCN1C(=O)CC[C@H]2CN(Cc3cccc4nonc34)CC[C@H]21. The van der Waals surface area contributed by atoms with Crippen molar-refractivity contribution in [2.45, 2.75) is 38.3 Å². The molecule has 7 nitrogen and oxygen atoms in total.